The lowest BCUT2D eigenvalue weighted by Crippen LogP contribution is -2.54. The van der Waals surface area contributed by atoms with Gasteiger partial charge in [-0.1, -0.05) is 15.9 Å². The Labute approximate surface area is 207 Å². The van der Waals surface area contributed by atoms with Gasteiger partial charge in [-0.15, -0.1) is 0 Å². The van der Waals surface area contributed by atoms with E-state index in [2.05, 4.69) is 21.2 Å². The predicted molar refractivity (Wildman–Crippen MR) is 132 cm³/mol. The Morgan fingerprint density at radius 3 is 2.62 bits per heavy atom. The molecule has 0 saturated carbocycles. The number of carbonyl (C=O) groups is 2. The molecule has 3 aromatic rings. The quantitative estimate of drug-likeness (QED) is 0.163. The number of aryl methyl sites for hydroxylation is 1. The van der Waals surface area contributed by atoms with Gasteiger partial charge in [0.1, 0.15) is 22.8 Å². The third-order valence-corrected chi connectivity index (χ3v) is 5.85. The Balaban J connectivity index is 1.69. The molecule has 2 amide bonds. The fourth-order valence-electron chi connectivity index (χ4n) is 3.46. The number of halogens is 1. The highest BCUT2D eigenvalue weighted by molar-refractivity contribution is 9.10. The number of carbonyl (C=O) groups excluding carboxylic acids is 2. The van der Waals surface area contributed by atoms with E-state index < -0.39 is 16.7 Å². The molecule has 2 aromatic carbocycles. The Morgan fingerprint density at radius 1 is 1.18 bits per heavy atom. The van der Waals surface area contributed by atoms with Gasteiger partial charge < -0.3 is 9.15 Å². The van der Waals surface area contributed by atoms with Gasteiger partial charge in [-0.2, -0.15) is 0 Å². The molecule has 1 saturated heterocycles. The number of ether oxygens (including phenoxy) is 1. The number of amides is 2. The van der Waals surface area contributed by atoms with Crippen molar-refractivity contribution >= 4 is 62.5 Å². The van der Waals surface area contributed by atoms with Crippen molar-refractivity contribution < 1.29 is 23.7 Å². The van der Waals surface area contributed by atoms with Crippen molar-refractivity contribution in [2.75, 3.05) is 12.0 Å². The highest BCUT2D eigenvalue weighted by Crippen LogP contribution is 2.35. The van der Waals surface area contributed by atoms with E-state index in [9.17, 15) is 19.7 Å². The van der Waals surface area contributed by atoms with Crippen LogP contribution in [0, 0.1) is 17.0 Å². The first-order valence-corrected chi connectivity index (χ1v) is 11.0. The van der Waals surface area contributed by atoms with E-state index in [1.54, 1.807) is 24.3 Å². The number of furan rings is 1. The summed E-state index contributed by atoms with van der Waals surface area (Å²) in [7, 11) is 1.39. The minimum absolute atomic E-state index is 0.0201. The van der Waals surface area contributed by atoms with Gasteiger partial charge in [-0.3, -0.25) is 29.9 Å². The first-order chi connectivity index (χ1) is 16.2. The normalized spacial score (nSPS) is 15.0. The van der Waals surface area contributed by atoms with Gasteiger partial charge in [0.2, 0.25) is 0 Å². The van der Waals surface area contributed by atoms with E-state index in [0.717, 1.165) is 10.0 Å². The summed E-state index contributed by atoms with van der Waals surface area (Å²) in [4.78, 5) is 37.6. The maximum atomic E-state index is 13.2. The lowest BCUT2D eigenvalue weighted by Gasteiger charge is -2.29. The molecule has 0 unspecified atom stereocenters. The van der Waals surface area contributed by atoms with E-state index in [4.69, 9.17) is 21.4 Å². The van der Waals surface area contributed by atoms with E-state index in [1.165, 1.54) is 36.3 Å². The zero-order chi connectivity index (χ0) is 24.6. The van der Waals surface area contributed by atoms with E-state index in [1.807, 2.05) is 13.0 Å². The number of hydrogen-bond donors (Lipinski definition) is 1. The summed E-state index contributed by atoms with van der Waals surface area (Å²) < 4.78 is 11.9. The van der Waals surface area contributed by atoms with Crippen LogP contribution in [0.5, 0.6) is 5.75 Å². The highest BCUT2D eigenvalue weighted by atomic mass is 79.9. The molecule has 0 bridgehead atoms. The smallest absolute Gasteiger partial charge is 0.273 e. The molecule has 0 radical (unpaired) electrons. The second-order valence-electron chi connectivity index (χ2n) is 7.23. The van der Waals surface area contributed by atoms with Crippen LogP contribution in [0.3, 0.4) is 0 Å². The van der Waals surface area contributed by atoms with Gasteiger partial charge in [-0.05, 0) is 67.2 Å². The molecular weight excluding hydrogens is 526 g/mol. The number of nitrogens with zero attached hydrogens (tertiary/aromatic N) is 2. The molecule has 1 aliphatic heterocycles. The molecule has 11 heteroatoms. The van der Waals surface area contributed by atoms with Gasteiger partial charge in [-0.25, -0.2) is 0 Å². The van der Waals surface area contributed by atoms with Crippen LogP contribution < -0.4 is 15.0 Å². The standard InChI is InChI=1S/C23H16BrN3O6S/c1-12-9-13(24)3-7-18(12)26-22(29)17(21(28)25-23(26)34)11-15-5-8-19(33-15)16-6-4-14(27(30)31)10-20(16)32-2/h3-11H,1-2H3,(H,25,28,34)/b17-11+. The fraction of sp³-hybridized carbons (Fsp3) is 0.0870. The number of thiocarbonyl (C=S) groups is 1. The molecule has 1 aliphatic rings. The second-order valence-corrected chi connectivity index (χ2v) is 8.53. The molecule has 1 N–H and O–H groups in total. The molecule has 34 heavy (non-hydrogen) atoms. The van der Waals surface area contributed by atoms with Crippen molar-refractivity contribution in [2.24, 2.45) is 0 Å². The minimum Gasteiger partial charge on any atom is -0.496 e. The summed E-state index contributed by atoms with van der Waals surface area (Å²) in [5.74, 6) is -0.416. The lowest BCUT2D eigenvalue weighted by atomic mass is 10.1. The number of anilines is 1. The van der Waals surface area contributed by atoms with Crippen molar-refractivity contribution in [3.63, 3.8) is 0 Å². The summed E-state index contributed by atoms with van der Waals surface area (Å²) >= 11 is 8.63. The largest absolute Gasteiger partial charge is 0.496 e. The van der Waals surface area contributed by atoms with Crippen LogP contribution in [0.15, 0.2) is 63.0 Å². The maximum Gasteiger partial charge on any atom is 0.273 e. The lowest BCUT2D eigenvalue weighted by molar-refractivity contribution is -0.384. The first kappa shape index (κ1) is 23.3. The van der Waals surface area contributed by atoms with Crippen LogP contribution in [0.25, 0.3) is 17.4 Å². The monoisotopic (exact) mass is 541 g/mol. The number of nitrogens with one attached hydrogen (secondary N) is 1. The summed E-state index contributed by atoms with van der Waals surface area (Å²) in [6.45, 7) is 1.83. The topological polar surface area (TPSA) is 115 Å². The van der Waals surface area contributed by atoms with Crippen molar-refractivity contribution in [1.82, 2.24) is 5.32 Å². The number of benzene rings is 2. The van der Waals surface area contributed by atoms with Crippen LogP contribution >= 0.6 is 28.1 Å². The number of hydrogen-bond acceptors (Lipinski definition) is 7. The van der Waals surface area contributed by atoms with E-state index in [-0.39, 0.29) is 27.9 Å². The van der Waals surface area contributed by atoms with Crippen LogP contribution in [-0.4, -0.2) is 29.0 Å². The minimum atomic E-state index is -0.646. The van der Waals surface area contributed by atoms with Crippen molar-refractivity contribution in [3.8, 4) is 17.1 Å². The predicted octanol–water partition coefficient (Wildman–Crippen LogP) is 4.77. The molecular formula is C23H16BrN3O6S. The van der Waals surface area contributed by atoms with Gasteiger partial charge in [0, 0.05) is 10.5 Å². The third kappa shape index (κ3) is 4.35. The molecule has 0 spiro atoms. The summed E-state index contributed by atoms with van der Waals surface area (Å²) in [5.41, 5.74) is 1.52. The van der Waals surface area contributed by atoms with Crippen LogP contribution in [0.4, 0.5) is 11.4 Å². The number of non-ortho nitro benzene ring substituents is 1. The second kappa shape index (κ2) is 9.20. The van der Waals surface area contributed by atoms with E-state index in [0.29, 0.717) is 17.0 Å². The maximum absolute atomic E-state index is 13.2. The Kier molecular flexibility index (Phi) is 6.31. The van der Waals surface area contributed by atoms with Crippen LogP contribution in [0.1, 0.15) is 11.3 Å². The third-order valence-electron chi connectivity index (χ3n) is 5.08. The van der Waals surface area contributed by atoms with Crippen molar-refractivity contribution in [2.45, 2.75) is 6.92 Å². The molecule has 0 atom stereocenters. The van der Waals surface area contributed by atoms with Gasteiger partial charge in [0.15, 0.2) is 5.11 Å². The first-order valence-electron chi connectivity index (χ1n) is 9.80. The van der Waals surface area contributed by atoms with Crippen molar-refractivity contribution in [3.05, 3.63) is 80.0 Å². The molecule has 1 aromatic heterocycles. The molecule has 9 nitrogen and oxygen atoms in total. The highest BCUT2D eigenvalue weighted by Gasteiger charge is 2.35. The molecule has 1 fully saturated rings. The molecule has 0 aliphatic carbocycles. The van der Waals surface area contributed by atoms with Gasteiger partial charge >= 0.3 is 0 Å². The zero-order valence-electron chi connectivity index (χ0n) is 17.8. The fourth-order valence-corrected chi connectivity index (χ4v) is 4.21. The average Bonchev–Trinajstić information content (AvgIpc) is 3.26. The summed E-state index contributed by atoms with van der Waals surface area (Å²) in [5, 5.41) is 13.5. The Hall–Kier alpha value is -3.83. The Morgan fingerprint density at radius 2 is 1.94 bits per heavy atom. The van der Waals surface area contributed by atoms with Gasteiger partial charge in [0.25, 0.3) is 17.5 Å². The van der Waals surface area contributed by atoms with Gasteiger partial charge in [0.05, 0.1) is 29.4 Å². The van der Waals surface area contributed by atoms with Crippen LogP contribution in [0.2, 0.25) is 0 Å². The average molecular weight is 542 g/mol. The van der Waals surface area contributed by atoms with Crippen molar-refractivity contribution in [1.29, 1.82) is 0 Å². The number of nitro benzene ring substituents is 1. The van der Waals surface area contributed by atoms with E-state index >= 15 is 0 Å². The zero-order valence-corrected chi connectivity index (χ0v) is 20.2. The molecule has 4 rings (SSSR count). The van der Waals surface area contributed by atoms with Crippen LogP contribution in [-0.2, 0) is 9.59 Å². The number of methoxy groups -OCH3 is 1. The summed E-state index contributed by atoms with van der Waals surface area (Å²) in [6, 6.07) is 12.6. The SMILES string of the molecule is COc1cc([N+](=O)[O-])ccc1-c1ccc(/C=C2\C(=O)NC(=S)N(c3ccc(Br)cc3C)C2=O)o1. The molecule has 2 heterocycles. The number of rotatable bonds is 5. The Bertz CT molecular complexity index is 1400. The number of nitro groups is 1. The molecule has 172 valence electrons. The summed E-state index contributed by atoms with van der Waals surface area (Å²) in [6.07, 6.45) is 1.32.